The summed E-state index contributed by atoms with van der Waals surface area (Å²) in [5, 5.41) is 4.35. The van der Waals surface area contributed by atoms with Crippen LogP contribution in [0.4, 0.5) is 0 Å². The van der Waals surface area contributed by atoms with Crippen molar-refractivity contribution in [3.8, 4) is 11.3 Å². The minimum atomic E-state index is 0.809. The molecule has 0 amide bonds. The minimum Gasteiger partial charge on any atom is -0.335 e. The second-order valence-corrected chi connectivity index (χ2v) is 5.03. The van der Waals surface area contributed by atoms with Crippen molar-refractivity contribution in [3.63, 3.8) is 0 Å². The molecule has 20 heavy (non-hydrogen) atoms. The van der Waals surface area contributed by atoms with Gasteiger partial charge in [-0.25, -0.2) is 9.97 Å². The van der Waals surface area contributed by atoms with Crippen LogP contribution in [-0.2, 0) is 13.6 Å². The van der Waals surface area contributed by atoms with Crippen molar-refractivity contribution in [2.45, 2.75) is 13.5 Å². The van der Waals surface area contributed by atoms with Gasteiger partial charge in [0.25, 0.3) is 0 Å². The summed E-state index contributed by atoms with van der Waals surface area (Å²) in [6, 6.07) is 8.34. The van der Waals surface area contributed by atoms with Gasteiger partial charge >= 0.3 is 0 Å². The maximum atomic E-state index is 4.54. The number of hydrogen-bond donors (Lipinski definition) is 1. The van der Waals surface area contributed by atoms with Gasteiger partial charge in [-0.15, -0.1) is 0 Å². The Morgan fingerprint density at radius 2 is 2.00 bits per heavy atom. The summed E-state index contributed by atoms with van der Waals surface area (Å²) >= 11 is 0. The van der Waals surface area contributed by atoms with Gasteiger partial charge < -0.3 is 9.88 Å². The maximum absolute atomic E-state index is 4.54. The maximum Gasteiger partial charge on any atom is 0.144 e. The number of rotatable bonds is 3. The van der Waals surface area contributed by atoms with E-state index < -0.39 is 0 Å². The third-order valence-electron chi connectivity index (χ3n) is 3.60. The Hall–Kier alpha value is -2.20. The highest BCUT2D eigenvalue weighted by atomic mass is 15.0. The van der Waals surface area contributed by atoms with E-state index in [9.17, 15) is 0 Å². The van der Waals surface area contributed by atoms with Crippen LogP contribution in [0.2, 0.25) is 0 Å². The predicted molar refractivity (Wildman–Crippen MR) is 81.4 cm³/mol. The molecule has 0 aliphatic heterocycles. The van der Waals surface area contributed by atoms with E-state index in [1.807, 2.05) is 14.1 Å². The van der Waals surface area contributed by atoms with E-state index >= 15 is 0 Å². The van der Waals surface area contributed by atoms with E-state index in [2.05, 4.69) is 57.2 Å². The molecule has 2 aromatic heterocycles. The highest BCUT2D eigenvalue weighted by Gasteiger charge is 2.15. The lowest BCUT2D eigenvalue weighted by Gasteiger charge is -2.07. The molecule has 0 spiro atoms. The number of fused-ring (bicyclic) bond motifs is 1. The Bertz CT molecular complexity index is 758. The summed E-state index contributed by atoms with van der Waals surface area (Å²) in [5.74, 6) is 0. The Morgan fingerprint density at radius 1 is 1.20 bits per heavy atom. The van der Waals surface area contributed by atoms with Gasteiger partial charge in [0.05, 0.1) is 5.69 Å². The molecule has 0 fully saturated rings. The van der Waals surface area contributed by atoms with Crippen molar-refractivity contribution in [2.75, 3.05) is 7.05 Å². The molecule has 1 aromatic carbocycles. The van der Waals surface area contributed by atoms with Crippen molar-refractivity contribution in [1.29, 1.82) is 0 Å². The monoisotopic (exact) mass is 266 g/mol. The van der Waals surface area contributed by atoms with Gasteiger partial charge in [-0.3, -0.25) is 0 Å². The predicted octanol–water partition coefficient (Wildman–Crippen LogP) is 2.66. The second-order valence-electron chi connectivity index (χ2n) is 5.03. The normalized spacial score (nSPS) is 11.2. The number of benzene rings is 1. The van der Waals surface area contributed by atoms with Crippen molar-refractivity contribution in [3.05, 3.63) is 47.9 Å². The quantitative estimate of drug-likeness (QED) is 0.792. The zero-order chi connectivity index (χ0) is 14.1. The van der Waals surface area contributed by atoms with Gasteiger partial charge in [-0.1, -0.05) is 24.3 Å². The highest BCUT2D eigenvalue weighted by molar-refractivity contribution is 5.94. The fourth-order valence-corrected chi connectivity index (χ4v) is 2.67. The Balaban J connectivity index is 2.33. The molecule has 4 nitrogen and oxygen atoms in total. The summed E-state index contributed by atoms with van der Waals surface area (Å²) in [7, 11) is 3.98. The fourth-order valence-electron chi connectivity index (χ4n) is 2.67. The number of aromatic nitrogens is 3. The molecule has 102 valence electrons. The first-order valence-corrected chi connectivity index (χ1v) is 6.72. The summed E-state index contributed by atoms with van der Waals surface area (Å²) in [4.78, 5) is 8.97. The average molecular weight is 266 g/mol. The number of aryl methyl sites for hydroxylation is 2. The molecule has 4 heteroatoms. The molecule has 2 heterocycles. The topological polar surface area (TPSA) is 42.7 Å². The van der Waals surface area contributed by atoms with Crippen LogP contribution in [0.1, 0.15) is 11.1 Å². The molecule has 3 rings (SSSR count). The van der Waals surface area contributed by atoms with Crippen LogP contribution in [0.15, 0.2) is 36.8 Å². The molecular formula is C16H18N4. The first-order valence-electron chi connectivity index (χ1n) is 6.72. The van der Waals surface area contributed by atoms with E-state index in [0.29, 0.717) is 0 Å². The van der Waals surface area contributed by atoms with Crippen LogP contribution in [0.5, 0.6) is 0 Å². The largest absolute Gasteiger partial charge is 0.335 e. The highest BCUT2D eigenvalue weighted by Crippen LogP contribution is 2.30. The lowest BCUT2D eigenvalue weighted by atomic mass is 10.0. The molecule has 0 radical (unpaired) electrons. The van der Waals surface area contributed by atoms with Crippen molar-refractivity contribution >= 4 is 11.0 Å². The third kappa shape index (κ3) is 1.98. The molecule has 1 N–H and O–H groups in total. The molecule has 0 bridgehead atoms. The molecule has 0 aliphatic rings. The summed E-state index contributed by atoms with van der Waals surface area (Å²) in [6.07, 6.45) is 3.77. The Morgan fingerprint density at radius 3 is 2.75 bits per heavy atom. The van der Waals surface area contributed by atoms with Gasteiger partial charge in [-0.05, 0) is 25.1 Å². The third-order valence-corrected chi connectivity index (χ3v) is 3.60. The smallest absolute Gasteiger partial charge is 0.144 e. The molecule has 0 atom stereocenters. The number of nitrogens with one attached hydrogen (secondary N) is 1. The van der Waals surface area contributed by atoms with Crippen LogP contribution in [0, 0.1) is 6.92 Å². The van der Waals surface area contributed by atoms with E-state index in [0.717, 1.165) is 23.3 Å². The van der Waals surface area contributed by atoms with Crippen LogP contribution in [0.3, 0.4) is 0 Å². The molecule has 0 unspecified atom stereocenters. The van der Waals surface area contributed by atoms with Gasteiger partial charge in [0, 0.05) is 30.7 Å². The van der Waals surface area contributed by atoms with Crippen molar-refractivity contribution in [2.24, 2.45) is 7.05 Å². The molecular weight excluding hydrogens is 248 g/mol. The number of nitrogens with zero attached hydrogens (tertiary/aromatic N) is 3. The molecule has 0 aliphatic carbocycles. The van der Waals surface area contributed by atoms with Crippen molar-refractivity contribution in [1.82, 2.24) is 19.9 Å². The molecule has 0 saturated carbocycles. The summed E-state index contributed by atoms with van der Waals surface area (Å²) < 4.78 is 2.06. The molecule has 3 aromatic rings. The van der Waals surface area contributed by atoms with Crippen LogP contribution < -0.4 is 5.32 Å². The van der Waals surface area contributed by atoms with Crippen LogP contribution in [0.25, 0.3) is 22.3 Å². The molecule has 0 saturated heterocycles. The summed E-state index contributed by atoms with van der Waals surface area (Å²) in [5.41, 5.74) is 5.61. The Kier molecular flexibility index (Phi) is 3.24. The standard InChI is InChI=1S/C16H18N4/c1-11-6-4-5-7-13(11)15-14-12(8-17-2)9-20(3)16(14)19-10-18-15/h4-7,9-10,17H,8H2,1-3H3. The lowest BCUT2D eigenvalue weighted by Crippen LogP contribution is -2.04. The first kappa shape index (κ1) is 12.8. The van der Waals surface area contributed by atoms with E-state index in [1.54, 1.807) is 6.33 Å². The van der Waals surface area contributed by atoms with E-state index in [4.69, 9.17) is 0 Å². The van der Waals surface area contributed by atoms with E-state index in [1.165, 1.54) is 16.7 Å². The zero-order valence-corrected chi connectivity index (χ0v) is 12.0. The zero-order valence-electron chi connectivity index (χ0n) is 12.0. The van der Waals surface area contributed by atoms with Gasteiger partial charge in [0.15, 0.2) is 0 Å². The Labute approximate surface area is 118 Å². The van der Waals surface area contributed by atoms with Crippen LogP contribution in [-0.4, -0.2) is 21.6 Å². The SMILES string of the molecule is CNCc1cn(C)c2ncnc(-c3ccccc3C)c12. The second kappa shape index (κ2) is 5.06. The first-order chi connectivity index (χ1) is 9.72. The minimum absolute atomic E-state index is 0.809. The van der Waals surface area contributed by atoms with Gasteiger partial charge in [0.1, 0.15) is 12.0 Å². The fraction of sp³-hybridized carbons (Fsp3) is 0.250. The van der Waals surface area contributed by atoms with Crippen LogP contribution >= 0.6 is 0 Å². The number of hydrogen-bond acceptors (Lipinski definition) is 3. The van der Waals surface area contributed by atoms with Crippen molar-refractivity contribution < 1.29 is 0 Å². The summed E-state index contributed by atoms with van der Waals surface area (Å²) in [6.45, 7) is 2.92. The lowest BCUT2D eigenvalue weighted by molar-refractivity contribution is 0.815. The van der Waals surface area contributed by atoms with E-state index in [-0.39, 0.29) is 0 Å². The van der Waals surface area contributed by atoms with Gasteiger partial charge in [-0.2, -0.15) is 0 Å². The van der Waals surface area contributed by atoms with Gasteiger partial charge in [0.2, 0.25) is 0 Å². The average Bonchev–Trinajstić information content (AvgIpc) is 2.77.